The average molecular weight is 266 g/mol. The van der Waals surface area contributed by atoms with Crippen molar-refractivity contribution in [3.8, 4) is 5.69 Å². The third-order valence-electron chi connectivity index (χ3n) is 2.69. The van der Waals surface area contributed by atoms with Crippen LogP contribution in [-0.4, -0.2) is 30.9 Å². The molecule has 0 atom stereocenters. The zero-order valence-corrected chi connectivity index (χ0v) is 10.2. The van der Waals surface area contributed by atoms with Gasteiger partial charge in [0.1, 0.15) is 5.82 Å². The van der Waals surface area contributed by atoms with Gasteiger partial charge in [-0.3, -0.25) is 0 Å². The van der Waals surface area contributed by atoms with Crippen LogP contribution >= 0.6 is 0 Å². The summed E-state index contributed by atoms with van der Waals surface area (Å²) in [4.78, 5) is 23.1. The third-order valence-corrected chi connectivity index (χ3v) is 2.69. The molecule has 0 amide bonds. The highest BCUT2D eigenvalue weighted by Gasteiger charge is 2.33. The van der Waals surface area contributed by atoms with Gasteiger partial charge in [0.05, 0.1) is 5.69 Å². The minimum Gasteiger partial charge on any atom is -0.479 e. The second kappa shape index (κ2) is 4.30. The molecule has 0 aliphatic rings. The molecule has 0 fully saturated rings. The Bertz CT molecular complexity index is 689. The van der Waals surface area contributed by atoms with E-state index in [9.17, 15) is 14.0 Å². The first-order chi connectivity index (χ1) is 8.84. The fraction of sp³-hybridized carbons (Fsp3) is 0.273. The molecule has 0 aliphatic heterocycles. The molecule has 19 heavy (non-hydrogen) atoms. The number of rotatable bonds is 3. The van der Waals surface area contributed by atoms with E-state index in [4.69, 9.17) is 5.11 Å². The highest BCUT2D eigenvalue weighted by molar-refractivity contribution is 5.75. The van der Waals surface area contributed by atoms with Crippen LogP contribution in [-0.2, 0) is 10.3 Å². The van der Waals surface area contributed by atoms with Crippen molar-refractivity contribution in [3.05, 3.63) is 40.6 Å². The van der Waals surface area contributed by atoms with Gasteiger partial charge in [-0.1, -0.05) is 6.07 Å². The largest absolute Gasteiger partial charge is 0.479 e. The fourth-order valence-corrected chi connectivity index (χ4v) is 1.46. The van der Waals surface area contributed by atoms with Crippen LogP contribution in [0.1, 0.15) is 13.8 Å². The van der Waals surface area contributed by atoms with Crippen LogP contribution in [0.3, 0.4) is 0 Å². The Morgan fingerprint density at radius 3 is 2.63 bits per heavy atom. The molecule has 0 saturated heterocycles. The van der Waals surface area contributed by atoms with Crippen molar-refractivity contribution in [2.24, 2.45) is 0 Å². The van der Waals surface area contributed by atoms with Gasteiger partial charge in [0.25, 0.3) is 0 Å². The first-order valence-electron chi connectivity index (χ1n) is 5.39. The van der Waals surface area contributed by atoms with Gasteiger partial charge in [0, 0.05) is 0 Å². The molecule has 0 spiro atoms. The summed E-state index contributed by atoms with van der Waals surface area (Å²) in [5, 5.41) is 16.1. The van der Waals surface area contributed by atoms with Gasteiger partial charge >= 0.3 is 11.7 Å². The molecule has 0 bridgehead atoms. The van der Waals surface area contributed by atoms with Gasteiger partial charge in [-0.05, 0) is 42.5 Å². The normalized spacial score (nSPS) is 11.5. The molecule has 100 valence electrons. The van der Waals surface area contributed by atoms with Gasteiger partial charge in [0.2, 0.25) is 0 Å². The molecule has 0 saturated carbocycles. The molecule has 1 N–H and O–H groups in total. The van der Waals surface area contributed by atoms with Crippen molar-refractivity contribution in [2.45, 2.75) is 19.4 Å². The summed E-state index contributed by atoms with van der Waals surface area (Å²) in [5.41, 5.74) is -2.11. The summed E-state index contributed by atoms with van der Waals surface area (Å²) < 4.78 is 14.7. The Balaban J connectivity index is 2.56. The van der Waals surface area contributed by atoms with Crippen LogP contribution in [0.2, 0.25) is 0 Å². The molecule has 8 heteroatoms. The van der Waals surface area contributed by atoms with Crippen LogP contribution in [0.15, 0.2) is 29.1 Å². The first kappa shape index (κ1) is 12.9. The van der Waals surface area contributed by atoms with Gasteiger partial charge in [0.15, 0.2) is 5.54 Å². The lowest BCUT2D eigenvalue weighted by Gasteiger charge is -2.16. The maximum Gasteiger partial charge on any atom is 0.369 e. The molecule has 1 aromatic heterocycles. The predicted octanol–water partition coefficient (Wildman–Crippen LogP) is 0.388. The smallest absolute Gasteiger partial charge is 0.369 e. The van der Waals surface area contributed by atoms with E-state index in [1.807, 2.05) is 0 Å². The van der Waals surface area contributed by atoms with Crippen LogP contribution in [0.5, 0.6) is 0 Å². The second-order valence-corrected chi connectivity index (χ2v) is 4.43. The number of aliphatic carboxylic acids is 1. The Labute approximate surface area is 106 Å². The predicted molar refractivity (Wildman–Crippen MR) is 62.5 cm³/mol. The van der Waals surface area contributed by atoms with Crippen molar-refractivity contribution in [1.82, 2.24) is 19.8 Å². The van der Waals surface area contributed by atoms with Crippen molar-refractivity contribution >= 4 is 5.97 Å². The Hall–Kier alpha value is -2.51. The van der Waals surface area contributed by atoms with E-state index in [2.05, 4.69) is 10.4 Å². The topological polar surface area (TPSA) is 90.0 Å². The van der Waals surface area contributed by atoms with Gasteiger partial charge in [-0.2, -0.15) is 9.36 Å². The minimum absolute atomic E-state index is 0.178. The fourth-order valence-electron chi connectivity index (χ4n) is 1.46. The van der Waals surface area contributed by atoms with Gasteiger partial charge in [-0.25, -0.2) is 14.0 Å². The summed E-state index contributed by atoms with van der Waals surface area (Å²) >= 11 is 0. The lowest BCUT2D eigenvalue weighted by Crippen LogP contribution is -2.43. The van der Waals surface area contributed by atoms with E-state index < -0.39 is 23.0 Å². The number of hydrogen-bond acceptors (Lipinski definition) is 4. The van der Waals surface area contributed by atoms with Gasteiger partial charge in [-0.15, -0.1) is 0 Å². The van der Waals surface area contributed by atoms with Crippen LogP contribution in [0.4, 0.5) is 4.39 Å². The molecule has 1 aromatic carbocycles. The molecule has 2 aromatic rings. The number of benzene rings is 1. The van der Waals surface area contributed by atoms with Crippen molar-refractivity contribution in [1.29, 1.82) is 0 Å². The number of aromatic nitrogens is 4. The molecule has 1 heterocycles. The summed E-state index contributed by atoms with van der Waals surface area (Å²) in [6, 6.07) is 5.21. The molecule has 0 aliphatic carbocycles. The molecular weight excluding hydrogens is 255 g/mol. The Kier molecular flexibility index (Phi) is 2.93. The summed E-state index contributed by atoms with van der Waals surface area (Å²) in [5.74, 6) is -1.75. The number of halogens is 1. The Morgan fingerprint density at radius 1 is 1.37 bits per heavy atom. The SMILES string of the molecule is CC(C)(C(=O)O)n1nnn(-c2cccc(F)c2)c1=O. The number of nitrogens with zero attached hydrogens (tertiary/aromatic N) is 4. The summed E-state index contributed by atoms with van der Waals surface area (Å²) in [6.07, 6.45) is 0. The quantitative estimate of drug-likeness (QED) is 0.867. The monoisotopic (exact) mass is 266 g/mol. The standard InChI is InChI=1S/C11H11FN4O3/c1-11(2,9(17)18)16-10(19)15(13-14-16)8-5-3-4-7(12)6-8/h3-6H,1-2H3,(H,17,18). The highest BCUT2D eigenvalue weighted by atomic mass is 19.1. The average Bonchev–Trinajstić information content (AvgIpc) is 2.71. The number of carboxylic acid groups (broad SMARTS) is 1. The van der Waals surface area contributed by atoms with Crippen molar-refractivity contribution in [3.63, 3.8) is 0 Å². The number of hydrogen-bond donors (Lipinski definition) is 1. The van der Waals surface area contributed by atoms with Crippen molar-refractivity contribution < 1.29 is 14.3 Å². The van der Waals surface area contributed by atoms with Crippen molar-refractivity contribution in [2.75, 3.05) is 0 Å². The van der Waals surface area contributed by atoms with E-state index in [0.29, 0.717) is 0 Å². The van der Waals surface area contributed by atoms with Crippen LogP contribution in [0.25, 0.3) is 5.69 Å². The summed E-state index contributed by atoms with van der Waals surface area (Å²) in [6.45, 7) is 2.64. The first-order valence-corrected chi connectivity index (χ1v) is 5.39. The maximum atomic E-state index is 13.1. The zero-order chi connectivity index (χ0) is 14.2. The van der Waals surface area contributed by atoms with E-state index in [1.54, 1.807) is 0 Å². The number of carboxylic acids is 1. The second-order valence-electron chi connectivity index (χ2n) is 4.43. The molecule has 0 unspecified atom stereocenters. The highest BCUT2D eigenvalue weighted by Crippen LogP contribution is 2.11. The Morgan fingerprint density at radius 2 is 2.05 bits per heavy atom. The van der Waals surface area contributed by atoms with E-state index in [-0.39, 0.29) is 5.69 Å². The maximum absolute atomic E-state index is 13.1. The molecule has 0 radical (unpaired) electrons. The third kappa shape index (κ3) is 2.12. The molecular formula is C11H11FN4O3. The zero-order valence-electron chi connectivity index (χ0n) is 10.2. The van der Waals surface area contributed by atoms with E-state index in [1.165, 1.54) is 32.0 Å². The minimum atomic E-state index is -1.54. The molecule has 2 rings (SSSR count). The van der Waals surface area contributed by atoms with Gasteiger partial charge < -0.3 is 5.11 Å². The van der Waals surface area contributed by atoms with Crippen LogP contribution in [0, 0.1) is 5.82 Å². The lowest BCUT2D eigenvalue weighted by atomic mass is 10.1. The van der Waals surface area contributed by atoms with E-state index in [0.717, 1.165) is 15.4 Å². The summed E-state index contributed by atoms with van der Waals surface area (Å²) in [7, 11) is 0. The van der Waals surface area contributed by atoms with E-state index >= 15 is 0 Å². The van der Waals surface area contributed by atoms with Crippen LogP contribution < -0.4 is 5.69 Å². The number of carbonyl (C=O) groups is 1. The lowest BCUT2D eigenvalue weighted by molar-refractivity contribution is -0.146. The molecule has 7 nitrogen and oxygen atoms in total. The number of tetrazole rings is 1.